The van der Waals surface area contributed by atoms with Crippen LogP contribution < -0.4 is 0 Å². The molecular formula is C8H12. The molecule has 0 amide bonds. The Kier molecular flexibility index (Phi) is 2.13. The lowest BCUT2D eigenvalue weighted by atomic mass is 9.90. The maximum absolute atomic E-state index is 3.73. The number of allylic oxidation sites excluding steroid dienone is 1. The molecule has 1 aliphatic rings. The van der Waals surface area contributed by atoms with Crippen molar-refractivity contribution in [3.05, 3.63) is 25.5 Å². The van der Waals surface area contributed by atoms with E-state index in [0.717, 1.165) is 0 Å². The Labute approximate surface area is 51.6 Å². The second-order valence-corrected chi connectivity index (χ2v) is 2.26. The maximum Gasteiger partial charge on any atom is -0.0202 e. The Morgan fingerprint density at radius 1 is 1.62 bits per heavy atom. The van der Waals surface area contributed by atoms with E-state index in [4.69, 9.17) is 0 Å². The van der Waals surface area contributed by atoms with Crippen LogP contribution in [0.15, 0.2) is 12.7 Å². The highest BCUT2D eigenvalue weighted by molar-refractivity contribution is 5.00. The topological polar surface area (TPSA) is 0 Å². The van der Waals surface area contributed by atoms with Gasteiger partial charge in [-0.15, -0.1) is 6.58 Å². The molecule has 0 bridgehead atoms. The molecule has 0 nitrogen and oxygen atoms in total. The second-order valence-electron chi connectivity index (χ2n) is 2.26. The van der Waals surface area contributed by atoms with Gasteiger partial charge < -0.3 is 0 Å². The van der Waals surface area contributed by atoms with Crippen molar-refractivity contribution in [3.8, 4) is 0 Å². The zero-order valence-electron chi connectivity index (χ0n) is 5.14. The molecule has 0 saturated heterocycles. The van der Waals surface area contributed by atoms with E-state index in [1.807, 2.05) is 6.08 Å². The van der Waals surface area contributed by atoms with E-state index < -0.39 is 0 Å². The van der Waals surface area contributed by atoms with Gasteiger partial charge in [0.05, 0.1) is 0 Å². The number of hydrogen-bond acceptors (Lipinski definition) is 0. The van der Waals surface area contributed by atoms with Gasteiger partial charge in [-0.1, -0.05) is 12.5 Å². The van der Waals surface area contributed by atoms with Gasteiger partial charge in [0.25, 0.3) is 0 Å². The Morgan fingerprint density at radius 2 is 2.50 bits per heavy atom. The zero-order valence-corrected chi connectivity index (χ0v) is 5.14. The van der Waals surface area contributed by atoms with Crippen molar-refractivity contribution >= 4 is 0 Å². The molecular weight excluding hydrogens is 96.1 g/mol. The normalized spacial score (nSPS) is 23.0. The van der Waals surface area contributed by atoms with Crippen molar-refractivity contribution in [2.24, 2.45) is 5.92 Å². The molecule has 8 heavy (non-hydrogen) atoms. The van der Waals surface area contributed by atoms with E-state index in [1.165, 1.54) is 19.3 Å². The molecule has 1 aliphatic carbocycles. The summed E-state index contributed by atoms with van der Waals surface area (Å²) in [5, 5.41) is 0. The average Bonchev–Trinajstić information content (AvgIpc) is 1.90. The van der Waals surface area contributed by atoms with Gasteiger partial charge in [0.1, 0.15) is 0 Å². The highest BCUT2D eigenvalue weighted by Gasteiger charge is 2.08. The van der Waals surface area contributed by atoms with E-state index in [1.54, 1.807) is 0 Å². The summed E-state index contributed by atoms with van der Waals surface area (Å²) >= 11 is 0. The van der Waals surface area contributed by atoms with Crippen molar-refractivity contribution in [3.63, 3.8) is 0 Å². The van der Waals surface area contributed by atoms with Gasteiger partial charge >= 0.3 is 0 Å². The van der Waals surface area contributed by atoms with Gasteiger partial charge in [-0.05, 0) is 31.6 Å². The molecule has 0 aromatic heterocycles. The predicted molar refractivity (Wildman–Crippen MR) is 36.1 cm³/mol. The molecule has 1 rings (SSSR count). The molecule has 1 saturated carbocycles. The van der Waals surface area contributed by atoms with Crippen LogP contribution in [0.4, 0.5) is 0 Å². The summed E-state index contributed by atoms with van der Waals surface area (Å²) in [7, 11) is 0. The van der Waals surface area contributed by atoms with Gasteiger partial charge in [0, 0.05) is 0 Å². The minimum absolute atomic E-state index is 0.670. The van der Waals surface area contributed by atoms with Gasteiger partial charge in [0.15, 0.2) is 0 Å². The fourth-order valence-corrected chi connectivity index (χ4v) is 1.04. The third-order valence-corrected chi connectivity index (χ3v) is 1.59. The van der Waals surface area contributed by atoms with Gasteiger partial charge in [-0.3, -0.25) is 0 Å². The molecule has 0 N–H and O–H groups in total. The average molecular weight is 108 g/mol. The van der Waals surface area contributed by atoms with Crippen LogP contribution in [0.3, 0.4) is 0 Å². The summed E-state index contributed by atoms with van der Waals surface area (Å²) in [4.78, 5) is 0. The summed E-state index contributed by atoms with van der Waals surface area (Å²) in [5.41, 5.74) is 0. The number of rotatable bonds is 1. The van der Waals surface area contributed by atoms with Crippen LogP contribution in [-0.2, 0) is 0 Å². The first-order chi connectivity index (χ1) is 3.93. The largest absolute Gasteiger partial charge is 0.103 e. The van der Waals surface area contributed by atoms with Gasteiger partial charge in [-0.25, -0.2) is 0 Å². The highest BCUT2D eigenvalue weighted by atomic mass is 14.1. The lowest BCUT2D eigenvalue weighted by Gasteiger charge is -2.16. The summed E-state index contributed by atoms with van der Waals surface area (Å²) in [5.74, 6) is 0.670. The summed E-state index contributed by atoms with van der Waals surface area (Å²) in [6, 6.07) is 0. The van der Waals surface area contributed by atoms with Crippen molar-refractivity contribution < 1.29 is 0 Å². The molecule has 44 valence electrons. The fourth-order valence-electron chi connectivity index (χ4n) is 1.04. The van der Waals surface area contributed by atoms with Crippen molar-refractivity contribution in [1.82, 2.24) is 0 Å². The quantitative estimate of drug-likeness (QED) is 0.452. The third kappa shape index (κ3) is 1.36. The van der Waals surface area contributed by atoms with E-state index >= 15 is 0 Å². The Balaban J connectivity index is 2.22. The van der Waals surface area contributed by atoms with Crippen LogP contribution in [0.2, 0.25) is 0 Å². The van der Waals surface area contributed by atoms with Crippen molar-refractivity contribution in [1.29, 1.82) is 0 Å². The third-order valence-electron chi connectivity index (χ3n) is 1.59. The van der Waals surface area contributed by atoms with E-state index in [2.05, 4.69) is 19.4 Å². The monoisotopic (exact) mass is 108 g/mol. The smallest absolute Gasteiger partial charge is 0.0202 e. The van der Waals surface area contributed by atoms with E-state index in [9.17, 15) is 0 Å². The molecule has 0 aromatic carbocycles. The first-order valence-corrected chi connectivity index (χ1v) is 3.22. The zero-order chi connectivity index (χ0) is 5.82. The van der Waals surface area contributed by atoms with Crippen LogP contribution in [0, 0.1) is 18.8 Å². The van der Waals surface area contributed by atoms with E-state index in [-0.39, 0.29) is 0 Å². The van der Waals surface area contributed by atoms with Crippen LogP contribution >= 0.6 is 0 Å². The first-order valence-electron chi connectivity index (χ1n) is 3.22. The Morgan fingerprint density at radius 3 is 2.88 bits per heavy atom. The van der Waals surface area contributed by atoms with Gasteiger partial charge in [-0.2, -0.15) is 0 Å². The lowest BCUT2D eigenvalue weighted by Crippen LogP contribution is -2.03. The molecule has 1 atom stereocenters. The van der Waals surface area contributed by atoms with Crippen molar-refractivity contribution in [2.75, 3.05) is 0 Å². The molecule has 0 aliphatic heterocycles. The minimum atomic E-state index is 0.670. The van der Waals surface area contributed by atoms with Crippen molar-refractivity contribution in [2.45, 2.75) is 19.3 Å². The molecule has 0 spiro atoms. The fraction of sp³-hybridized carbons (Fsp3) is 0.500. The summed E-state index contributed by atoms with van der Waals surface area (Å²) in [6.07, 6.45) is 10.4. The number of hydrogen-bond donors (Lipinski definition) is 0. The maximum atomic E-state index is 3.73. The molecule has 1 fully saturated rings. The Hall–Kier alpha value is -0.260. The molecule has 0 heterocycles. The van der Waals surface area contributed by atoms with Crippen LogP contribution in [0.5, 0.6) is 0 Å². The minimum Gasteiger partial charge on any atom is -0.103 e. The van der Waals surface area contributed by atoms with Crippen LogP contribution in [0.1, 0.15) is 19.3 Å². The van der Waals surface area contributed by atoms with Crippen LogP contribution in [-0.4, -0.2) is 0 Å². The lowest BCUT2D eigenvalue weighted by molar-refractivity contribution is 0.573. The molecule has 1 unspecified atom stereocenters. The SMILES string of the molecule is C=CC1[CH][CH]CCC1. The Bertz CT molecular complexity index is 68.1. The first kappa shape index (κ1) is 5.87. The molecule has 0 heteroatoms. The van der Waals surface area contributed by atoms with Gasteiger partial charge in [0.2, 0.25) is 0 Å². The standard InChI is InChI=1S/C8H12/c1-2-8-6-4-3-5-7-8/h2,4,6,8H,1,3,5,7H2. The van der Waals surface area contributed by atoms with E-state index in [0.29, 0.717) is 5.92 Å². The summed E-state index contributed by atoms with van der Waals surface area (Å²) in [6.45, 7) is 3.73. The second kappa shape index (κ2) is 2.91. The predicted octanol–water partition coefficient (Wildman–Crippen LogP) is 2.38. The highest BCUT2D eigenvalue weighted by Crippen LogP contribution is 2.21. The molecule has 0 aromatic rings. The summed E-state index contributed by atoms with van der Waals surface area (Å²) < 4.78 is 0. The molecule has 2 radical (unpaired) electrons. The van der Waals surface area contributed by atoms with Crippen LogP contribution in [0.25, 0.3) is 0 Å².